The van der Waals surface area contributed by atoms with E-state index in [9.17, 15) is 4.79 Å². The normalized spacial score (nSPS) is 18.1. The molecule has 1 fully saturated rings. The smallest absolute Gasteiger partial charge is 0.318 e. The molecular weight excluding hydrogens is 272 g/mol. The Labute approximate surface area is 123 Å². The summed E-state index contributed by atoms with van der Waals surface area (Å²) >= 11 is 6.25. The Hall–Kier alpha value is -2.00. The first kappa shape index (κ1) is 13.0. The minimum absolute atomic E-state index is 0.0172. The van der Waals surface area contributed by atoms with Gasteiger partial charge in [0.2, 0.25) is 0 Å². The highest BCUT2D eigenvalue weighted by Gasteiger charge is 2.32. The van der Waals surface area contributed by atoms with Crippen molar-refractivity contribution in [2.45, 2.75) is 12.6 Å². The fraction of sp³-hybridized carbons (Fsp3) is 0.188. The number of benzene rings is 2. The van der Waals surface area contributed by atoms with Gasteiger partial charge in [-0.05, 0) is 17.2 Å². The van der Waals surface area contributed by atoms with Crippen molar-refractivity contribution in [2.75, 3.05) is 6.54 Å². The number of amides is 2. The molecule has 0 saturated carbocycles. The molecular formula is C16H15ClN2O. The summed E-state index contributed by atoms with van der Waals surface area (Å²) in [6, 6.07) is 17.6. The SMILES string of the molecule is O=C1NCC(c2ccccc2Cl)N1Cc1ccccc1. The second kappa shape index (κ2) is 5.55. The maximum absolute atomic E-state index is 12.0. The number of hydrogen-bond acceptors (Lipinski definition) is 1. The van der Waals surface area contributed by atoms with E-state index in [1.807, 2.05) is 59.5 Å². The van der Waals surface area contributed by atoms with Gasteiger partial charge in [-0.25, -0.2) is 4.79 Å². The van der Waals surface area contributed by atoms with Crippen LogP contribution in [-0.2, 0) is 6.54 Å². The Morgan fingerprint density at radius 2 is 1.80 bits per heavy atom. The van der Waals surface area contributed by atoms with Crippen molar-refractivity contribution in [1.29, 1.82) is 0 Å². The highest BCUT2D eigenvalue weighted by molar-refractivity contribution is 6.31. The Bertz CT molecular complexity index is 615. The van der Waals surface area contributed by atoms with Gasteiger partial charge in [0.1, 0.15) is 0 Å². The van der Waals surface area contributed by atoms with Gasteiger partial charge in [0.05, 0.1) is 6.04 Å². The number of nitrogens with one attached hydrogen (secondary N) is 1. The molecule has 0 aromatic heterocycles. The van der Waals surface area contributed by atoms with Crippen molar-refractivity contribution in [3.63, 3.8) is 0 Å². The Morgan fingerprint density at radius 1 is 1.10 bits per heavy atom. The summed E-state index contributed by atoms with van der Waals surface area (Å²) in [6.45, 7) is 1.18. The fourth-order valence-electron chi connectivity index (χ4n) is 2.52. The second-order valence-corrected chi connectivity index (χ2v) is 5.24. The standard InChI is InChI=1S/C16H15ClN2O/c17-14-9-5-4-8-13(14)15-10-18-16(20)19(15)11-12-6-2-1-3-7-12/h1-9,15H,10-11H2,(H,18,20). The zero-order valence-corrected chi connectivity index (χ0v) is 11.7. The highest BCUT2D eigenvalue weighted by atomic mass is 35.5. The van der Waals surface area contributed by atoms with Crippen molar-refractivity contribution < 1.29 is 4.79 Å². The molecule has 2 amide bonds. The number of hydrogen-bond donors (Lipinski definition) is 1. The largest absolute Gasteiger partial charge is 0.336 e. The number of nitrogens with zero attached hydrogens (tertiary/aromatic N) is 1. The molecule has 1 aliphatic rings. The maximum Gasteiger partial charge on any atom is 0.318 e. The molecule has 1 atom stereocenters. The second-order valence-electron chi connectivity index (χ2n) is 4.84. The van der Waals surface area contributed by atoms with E-state index in [1.54, 1.807) is 0 Å². The molecule has 0 spiro atoms. The molecule has 1 unspecified atom stereocenters. The van der Waals surface area contributed by atoms with Crippen LogP contribution in [0.3, 0.4) is 0 Å². The van der Waals surface area contributed by atoms with Gasteiger partial charge in [0, 0.05) is 18.1 Å². The van der Waals surface area contributed by atoms with Gasteiger partial charge in [-0.3, -0.25) is 0 Å². The van der Waals surface area contributed by atoms with E-state index >= 15 is 0 Å². The molecule has 0 radical (unpaired) electrons. The zero-order chi connectivity index (χ0) is 13.9. The molecule has 1 saturated heterocycles. The highest BCUT2D eigenvalue weighted by Crippen LogP contribution is 2.31. The third-order valence-corrected chi connectivity index (χ3v) is 3.89. The maximum atomic E-state index is 12.0. The quantitative estimate of drug-likeness (QED) is 0.918. The topological polar surface area (TPSA) is 32.3 Å². The van der Waals surface area contributed by atoms with Crippen molar-refractivity contribution in [3.05, 3.63) is 70.7 Å². The summed E-state index contributed by atoms with van der Waals surface area (Å²) in [7, 11) is 0. The van der Waals surface area contributed by atoms with Crippen LogP contribution in [-0.4, -0.2) is 17.5 Å². The molecule has 0 bridgehead atoms. The first-order chi connectivity index (χ1) is 9.75. The van der Waals surface area contributed by atoms with Crippen LogP contribution in [0, 0.1) is 0 Å². The predicted octanol–water partition coefficient (Wildman–Crippen LogP) is 3.61. The van der Waals surface area contributed by atoms with Crippen LogP contribution in [0.2, 0.25) is 5.02 Å². The van der Waals surface area contributed by atoms with Gasteiger partial charge in [-0.2, -0.15) is 0 Å². The summed E-state index contributed by atoms with van der Waals surface area (Å²) in [5, 5.41) is 3.59. The molecule has 3 nitrogen and oxygen atoms in total. The van der Waals surface area contributed by atoms with Crippen LogP contribution in [0.1, 0.15) is 17.2 Å². The van der Waals surface area contributed by atoms with Gasteiger partial charge in [-0.1, -0.05) is 60.1 Å². The molecule has 1 aliphatic heterocycles. The lowest BCUT2D eigenvalue weighted by atomic mass is 10.1. The molecule has 1 N–H and O–H groups in total. The van der Waals surface area contributed by atoms with Crippen LogP contribution >= 0.6 is 11.6 Å². The van der Waals surface area contributed by atoms with Gasteiger partial charge in [0.15, 0.2) is 0 Å². The summed E-state index contributed by atoms with van der Waals surface area (Å²) in [6.07, 6.45) is 0. The van der Waals surface area contributed by atoms with Crippen LogP contribution < -0.4 is 5.32 Å². The summed E-state index contributed by atoms with van der Waals surface area (Å²) in [5.74, 6) is 0. The van der Waals surface area contributed by atoms with E-state index in [-0.39, 0.29) is 12.1 Å². The number of urea groups is 1. The summed E-state index contributed by atoms with van der Waals surface area (Å²) in [5.41, 5.74) is 2.10. The Morgan fingerprint density at radius 3 is 2.55 bits per heavy atom. The first-order valence-electron chi connectivity index (χ1n) is 6.58. The molecule has 4 heteroatoms. The summed E-state index contributed by atoms with van der Waals surface area (Å²) in [4.78, 5) is 13.9. The van der Waals surface area contributed by atoms with E-state index in [1.165, 1.54) is 0 Å². The molecule has 20 heavy (non-hydrogen) atoms. The van der Waals surface area contributed by atoms with Crippen LogP contribution in [0.15, 0.2) is 54.6 Å². The van der Waals surface area contributed by atoms with Crippen LogP contribution in [0.25, 0.3) is 0 Å². The van der Waals surface area contributed by atoms with Gasteiger partial charge in [-0.15, -0.1) is 0 Å². The number of carbonyl (C=O) groups is 1. The number of carbonyl (C=O) groups excluding carboxylic acids is 1. The lowest BCUT2D eigenvalue weighted by Crippen LogP contribution is -2.29. The van der Waals surface area contributed by atoms with Crippen molar-refractivity contribution >= 4 is 17.6 Å². The summed E-state index contributed by atoms with van der Waals surface area (Å²) < 4.78 is 0. The minimum Gasteiger partial charge on any atom is -0.336 e. The van der Waals surface area contributed by atoms with Crippen molar-refractivity contribution in [1.82, 2.24) is 10.2 Å². The predicted molar refractivity (Wildman–Crippen MR) is 79.6 cm³/mol. The Balaban J connectivity index is 1.88. The molecule has 3 rings (SSSR count). The molecule has 1 heterocycles. The zero-order valence-electron chi connectivity index (χ0n) is 10.9. The first-order valence-corrected chi connectivity index (χ1v) is 6.96. The minimum atomic E-state index is -0.0428. The van der Waals surface area contributed by atoms with Crippen LogP contribution in [0.4, 0.5) is 4.79 Å². The third-order valence-electron chi connectivity index (χ3n) is 3.54. The van der Waals surface area contributed by atoms with Crippen molar-refractivity contribution in [2.24, 2.45) is 0 Å². The van der Waals surface area contributed by atoms with Gasteiger partial charge < -0.3 is 10.2 Å². The number of rotatable bonds is 3. The lowest BCUT2D eigenvalue weighted by molar-refractivity contribution is 0.201. The van der Waals surface area contributed by atoms with E-state index in [4.69, 9.17) is 11.6 Å². The molecule has 2 aromatic carbocycles. The Kier molecular flexibility index (Phi) is 3.61. The van der Waals surface area contributed by atoms with Gasteiger partial charge >= 0.3 is 6.03 Å². The van der Waals surface area contributed by atoms with Gasteiger partial charge in [0.25, 0.3) is 0 Å². The van der Waals surface area contributed by atoms with E-state index in [0.717, 1.165) is 11.1 Å². The lowest BCUT2D eigenvalue weighted by Gasteiger charge is -2.24. The molecule has 2 aromatic rings. The van der Waals surface area contributed by atoms with E-state index in [0.29, 0.717) is 18.1 Å². The van der Waals surface area contributed by atoms with Crippen molar-refractivity contribution in [3.8, 4) is 0 Å². The monoisotopic (exact) mass is 286 g/mol. The van der Waals surface area contributed by atoms with E-state index < -0.39 is 0 Å². The molecule has 0 aliphatic carbocycles. The average Bonchev–Trinajstić information content (AvgIpc) is 2.82. The van der Waals surface area contributed by atoms with E-state index in [2.05, 4.69) is 5.32 Å². The molecule has 102 valence electrons. The fourth-order valence-corrected chi connectivity index (χ4v) is 2.78. The van der Waals surface area contributed by atoms with Crippen LogP contribution in [0.5, 0.6) is 0 Å². The third kappa shape index (κ3) is 2.49. The average molecular weight is 287 g/mol. The number of halogens is 1.